The third kappa shape index (κ3) is 2.34. The molecule has 0 atom stereocenters. The molecule has 0 aliphatic heterocycles. The number of rotatable bonds is 4. The number of ether oxygens (including phenoxy) is 1. The predicted molar refractivity (Wildman–Crippen MR) is 67.4 cm³/mol. The van der Waals surface area contributed by atoms with Crippen LogP contribution in [0.5, 0.6) is 5.75 Å². The Balaban J connectivity index is 2.18. The van der Waals surface area contributed by atoms with Gasteiger partial charge in [-0.15, -0.1) is 0 Å². The Hall–Kier alpha value is -1.35. The van der Waals surface area contributed by atoms with Crippen LogP contribution < -0.4 is 10.5 Å². The van der Waals surface area contributed by atoms with Gasteiger partial charge in [0.1, 0.15) is 5.75 Å². The topological polar surface area (TPSA) is 52.3 Å². The second kappa shape index (κ2) is 4.88. The van der Waals surface area contributed by atoms with Gasteiger partial charge in [-0.1, -0.05) is 6.92 Å². The Morgan fingerprint density at radius 2 is 2.18 bits per heavy atom. The first-order valence-corrected chi connectivity index (χ1v) is 6.12. The minimum absolute atomic E-state index is 0.128. The first-order valence-electron chi connectivity index (χ1n) is 6.12. The van der Waals surface area contributed by atoms with Crippen LogP contribution in [0.15, 0.2) is 18.2 Å². The van der Waals surface area contributed by atoms with Gasteiger partial charge >= 0.3 is 0 Å². The van der Waals surface area contributed by atoms with Crippen molar-refractivity contribution >= 4 is 5.78 Å². The summed E-state index contributed by atoms with van der Waals surface area (Å²) in [6, 6.07) is 5.90. The van der Waals surface area contributed by atoms with E-state index in [0.717, 1.165) is 36.1 Å². The molecule has 0 spiro atoms. The van der Waals surface area contributed by atoms with Crippen LogP contribution in [-0.2, 0) is 6.42 Å². The molecule has 1 saturated carbocycles. The van der Waals surface area contributed by atoms with Crippen LogP contribution in [-0.4, -0.2) is 18.9 Å². The van der Waals surface area contributed by atoms with Crippen LogP contribution in [0, 0.1) is 5.92 Å². The van der Waals surface area contributed by atoms with Gasteiger partial charge in [-0.05, 0) is 43.0 Å². The normalized spacial score (nSPS) is 23.0. The average Bonchev–Trinajstić information content (AvgIpc) is 2.33. The first kappa shape index (κ1) is 12.1. The number of hydrogen-bond donors (Lipinski definition) is 1. The number of carbonyl (C=O) groups is 1. The summed E-state index contributed by atoms with van der Waals surface area (Å²) in [6.07, 6.45) is 2.52. The van der Waals surface area contributed by atoms with Crippen LogP contribution >= 0.6 is 0 Å². The molecule has 1 aliphatic carbocycles. The molecule has 1 fully saturated rings. The Kier molecular flexibility index (Phi) is 3.48. The van der Waals surface area contributed by atoms with Crippen LogP contribution in [0.2, 0.25) is 0 Å². The van der Waals surface area contributed by atoms with E-state index in [1.165, 1.54) is 0 Å². The van der Waals surface area contributed by atoms with E-state index in [4.69, 9.17) is 10.5 Å². The second-order valence-electron chi connectivity index (χ2n) is 4.67. The molecule has 3 heteroatoms. The number of hydrogen-bond acceptors (Lipinski definition) is 3. The third-order valence-electron chi connectivity index (χ3n) is 3.49. The molecule has 92 valence electrons. The average molecular weight is 233 g/mol. The van der Waals surface area contributed by atoms with E-state index >= 15 is 0 Å². The molecule has 1 aromatic rings. The number of aryl methyl sites for hydroxylation is 1. The highest BCUT2D eigenvalue weighted by molar-refractivity contribution is 5.98. The van der Waals surface area contributed by atoms with Gasteiger partial charge in [-0.25, -0.2) is 0 Å². The molecule has 0 bridgehead atoms. The maximum Gasteiger partial charge on any atom is 0.166 e. The lowest BCUT2D eigenvalue weighted by atomic mass is 9.76. The van der Waals surface area contributed by atoms with E-state index in [1.54, 1.807) is 7.11 Å². The van der Waals surface area contributed by atoms with Gasteiger partial charge in [0.15, 0.2) is 5.78 Å². The molecular formula is C14H19NO2. The predicted octanol–water partition coefficient (Wildman–Crippen LogP) is 2.18. The molecule has 0 unspecified atom stereocenters. The zero-order valence-corrected chi connectivity index (χ0v) is 10.4. The van der Waals surface area contributed by atoms with Gasteiger partial charge in [0, 0.05) is 17.5 Å². The SMILES string of the molecule is CCc1cc(C(=O)C2CC(N)C2)ccc1OC. The molecule has 2 rings (SSSR count). The zero-order chi connectivity index (χ0) is 12.4. The summed E-state index contributed by atoms with van der Waals surface area (Å²) in [5, 5.41) is 0. The minimum atomic E-state index is 0.128. The summed E-state index contributed by atoms with van der Waals surface area (Å²) in [6.45, 7) is 2.06. The summed E-state index contributed by atoms with van der Waals surface area (Å²) >= 11 is 0. The largest absolute Gasteiger partial charge is 0.496 e. The van der Waals surface area contributed by atoms with Crippen molar-refractivity contribution in [3.8, 4) is 5.75 Å². The van der Waals surface area contributed by atoms with Gasteiger partial charge in [-0.3, -0.25) is 4.79 Å². The standard InChI is InChI=1S/C14H19NO2/c1-3-9-6-10(4-5-13(9)17-2)14(16)11-7-12(15)8-11/h4-6,11-12H,3,7-8,15H2,1-2H3. The number of methoxy groups -OCH3 is 1. The monoisotopic (exact) mass is 233 g/mol. The van der Waals surface area contributed by atoms with E-state index in [2.05, 4.69) is 6.92 Å². The minimum Gasteiger partial charge on any atom is -0.496 e. The molecule has 1 aromatic carbocycles. The number of ketones is 1. The van der Waals surface area contributed by atoms with Gasteiger partial charge in [0.2, 0.25) is 0 Å². The highest BCUT2D eigenvalue weighted by atomic mass is 16.5. The van der Waals surface area contributed by atoms with Gasteiger partial charge in [0.25, 0.3) is 0 Å². The van der Waals surface area contributed by atoms with Gasteiger partial charge in [-0.2, -0.15) is 0 Å². The molecule has 2 N–H and O–H groups in total. The molecule has 0 amide bonds. The lowest BCUT2D eigenvalue weighted by Gasteiger charge is -2.31. The van der Waals surface area contributed by atoms with Crippen molar-refractivity contribution in [1.29, 1.82) is 0 Å². The quantitative estimate of drug-likeness (QED) is 0.811. The number of Topliss-reactive ketones (excluding diaryl/α,β-unsaturated/α-hetero) is 1. The summed E-state index contributed by atoms with van der Waals surface area (Å²) in [5.74, 6) is 1.21. The van der Waals surface area contributed by atoms with E-state index in [-0.39, 0.29) is 17.7 Å². The van der Waals surface area contributed by atoms with Crippen molar-refractivity contribution in [3.63, 3.8) is 0 Å². The van der Waals surface area contributed by atoms with Crippen molar-refractivity contribution in [1.82, 2.24) is 0 Å². The summed E-state index contributed by atoms with van der Waals surface area (Å²) in [5.41, 5.74) is 7.59. The molecule has 0 radical (unpaired) electrons. The molecule has 0 saturated heterocycles. The third-order valence-corrected chi connectivity index (χ3v) is 3.49. The number of carbonyl (C=O) groups excluding carboxylic acids is 1. The molecular weight excluding hydrogens is 214 g/mol. The molecule has 3 nitrogen and oxygen atoms in total. The maximum absolute atomic E-state index is 12.1. The van der Waals surface area contributed by atoms with E-state index < -0.39 is 0 Å². The van der Waals surface area contributed by atoms with E-state index in [1.807, 2.05) is 18.2 Å². The Morgan fingerprint density at radius 3 is 2.71 bits per heavy atom. The fourth-order valence-electron chi connectivity index (χ4n) is 2.32. The van der Waals surface area contributed by atoms with Crippen LogP contribution in [0.3, 0.4) is 0 Å². The number of nitrogens with two attached hydrogens (primary N) is 1. The van der Waals surface area contributed by atoms with Crippen molar-refractivity contribution in [2.45, 2.75) is 32.2 Å². The summed E-state index contributed by atoms with van der Waals surface area (Å²) in [4.78, 5) is 12.1. The van der Waals surface area contributed by atoms with E-state index in [0.29, 0.717) is 0 Å². The summed E-state index contributed by atoms with van der Waals surface area (Å²) in [7, 11) is 1.65. The second-order valence-corrected chi connectivity index (χ2v) is 4.67. The Labute approximate surface area is 102 Å². The highest BCUT2D eigenvalue weighted by Gasteiger charge is 2.32. The van der Waals surface area contributed by atoms with Crippen LogP contribution in [0.1, 0.15) is 35.7 Å². The number of benzene rings is 1. The van der Waals surface area contributed by atoms with Crippen LogP contribution in [0.25, 0.3) is 0 Å². The first-order chi connectivity index (χ1) is 8.15. The van der Waals surface area contributed by atoms with Gasteiger partial charge < -0.3 is 10.5 Å². The van der Waals surface area contributed by atoms with Crippen molar-refractivity contribution in [2.24, 2.45) is 11.7 Å². The van der Waals surface area contributed by atoms with Crippen LogP contribution in [0.4, 0.5) is 0 Å². The lowest BCUT2D eigenvalue weighted by molar-refractivity contribution is 0.0832. The zero-order valence-electron chi connectivity index (χ0n) is 10.4. The maximum atomic E-state index is 12.1. The highest BCUT2D eigenvalue weighted by Crippen LogP contribution is 2.30. The lowest BCUT2D eigenvalue weighted by Crippen LogP contribution is -2.40. The molecule has 0 heterocycles. The van der Waals surface area contributed by atoms with Crippen molar-refractivity contribution < 1.29 is 9.53 Å². The van der Waals surface area contributed by atoms with E-state index in [9.17, 15) is 4.79 Å². The van der Waals surface area contributed by atoms with Gasteiger partial charge in [0.05, 0.1) is 7.11 Å². The fourth-order valence-corrected chi connectivity index (χ4v) is 2.32. The summed E-state index contributed by atoms with van der Waals surface area (Å²) < 4.78 is 5.26. The molecule has 0 aromatic heterocycles. The smallest absolute Gasteiger partial charge is 0.166 e. The fraction of sp³-hybridized carbons (Fsp3) is 0.500. The molecule has 1 aliphatic rings. The van der Waals surface area contributed by atoms with Crippen molar-refractivity contribution in [3.05, 3.63) is 29.3 Å². The Morgan fingerprint density at radius 1 is 1.47 bits per heavy atom. The Bertz CT molecular complexity index is 422. The molecule has 17 heavy (non-hydrogen) atoms. The van der Waals surface area contributed by atoms with Crippen molar-refractivity contribution in [2.75, 3.05) is 7.11 Å².